The van der Waals surface area contributed by atoms with Crippen molar-refractivity contribution in [1.82, 2.24) is 0 Å². The smallest absolute Gasteiger partial charge is 0.0156 e. The zero-order valence-corrected chi connectivity index (χ0v) is 10.0. The summed E-state index contributed by atoms with van der Waals surface area (Å²) < 4.78 is 0. The summed E-state index contributed by atoms with van der Waals surface area (Å²) in [5.41, 5.74) is 3.04. The van der Waals surface area contributed by atoms with Gasteiger partial charge in [-0.05, 0) is 42.2 Å². The fourth-order valence-electron chi connectivity index (χ4n) is 3.04. The van der Waals surface area contributed by atoms with Crippen molar-refractivity contribution in [2.75, 3.05) is 0 Å². The number of rotatable bonds is 2. The lowest BCUT2D eigenvalue weighted by Gasteiger charge is -2.12. The van der Waals surface area contributed by atoms with E-state index in [1.54, 1.807) is 0 Å². The van der Waals surface area contributed by atoms with Gasteiger partial charge < -0.3 is 0 Å². The van der Waals surface area contributed by atoms with Gasteiger partial charge in [0, 0.05) is 0 Å². The molecule has 17 heavy (non-hydrogen) atoms. The van der Waals surface area contributed by atoms with Gasteiger partial charge in [0.15, 0.2) is 0 Å². The molecular formula is C17H18. The van der Waals surface area contributed by atoms with Crippen LogP contribution in [0.2, 0.25) is 0 Å². The van der Waals surface area contributed by atoms with Crippen LogP contribution in [-0.4, -0.2) is 0 Å². The molecule has 0 N–H and O–H groups in total. The Kier molecular flexibility index (Phi) is 2.96. The second-order valence-electron chi connectivity index (χ2n) is 5.03. The zero-order chi connectivity index (χ0) is 11.5. The third-order valence-corrected chi connectivity index (χ3v) is 3.97. The summed E-state index contributed by atoms with van der Waals surface area (Å²) >= 11 is 0. The molecule has 0 heteroatoms. The van der Waals surface area contributed by atoms with E-state index in [1.165, 1.54) is 30.4 Å². The monoisotopic (exact) mass is 222 g/mol. The van der Waals surface area contributed by atoms with Gasteiger partial charge in [-0.2, -0.15) is 0 Å². The largest absolute Gasteiger partial charge is 0.0622 e. The first-order valence-corrected chi connectivity index (χ1v) is 6.53. The van der Waals surface area contributed by atoms with Crippen molar-refractivity contribution in [1.29, 1.82) is 0 Å². The van der Waals surface area contributed by atoms with Gasteiger partial charge in [0.2, 0.25) is 0 Å². The van der Waals surface area contributed by atoms with E-state index in [-0.39, 0.29) is 0 Å². The lowest BCUT2D eigenvalue weighted by Crippen LogP contribution is -1.94. The molecule has 0 aromatic heterocycles. The quantitative estimate of drug-likeness (QED) is 0.688. The molecule has 86 valence electrons. The molecule has 2 aromatic rings. The average Bonchev–Trinajstić information content (AvgIpc) is 2.90. The van der Waals surface area contributed by atoms with Crippen molar-refractivity contribution < 1.29 is 0 Å². The lowest BCUT2D eigenvalue weighted by atomic mass is 9.93. The van der Waals surface area contributed by atoms with Crippen LogP contribution in [0.3, 0.4) is 0 Å². The molecule has 0 saturated heterocycles. The first kappa shape index (κ1) is 10.6. The molecule has 0 heterocycles. The van der Waals surface area contributed by atoms with E-state index in [9.17, 15) is 0 Å². The molecule has 2 atom stereocenters. The topological polar surface area (TPSA) is 0 Å². The van der Waals surface area contributed by atoms with Crippen LogP contribution in [0.1, 0.15) is 42.2 Å². The Balaban J connectivity index is 1.75. The van der Waals surface area contributed by atoms with Crippen LogP contribution in [0.4, 0.5) is 0 Å². The minimum atomic E-state index is 0.765. The Labute approximate surface area is 103 Å². The molecule has 0 spiro atoms. The lowest BCUT2D eigenvalue weighted by molar-refractivity contribution is 0.686. The predicted molar refractivity (Wildman–Crippen MR) is 72.2 cm³/mol. The van der Waals surface area contributed by atoms with Gasteiger partial charge in [-0.1, -0.05) is 60.7 Å². The van der Waals surface area contributed by atoms with Crippen LogP contribution in [0, 0.1) is 0 Å². The standard InChI is InChI=1S/C17H18/c1-3-7-14(8-4-1)16-11-12-17(13-16)15-9-5-2-6-10-15/h1-10,16-17H,11-13H2/t16-,17?/m1/s1. The van der Waals surface area contributed by atoms with Crippen molar-refractivity contribution in [3.05, 3.63) is 71.8 Å². The predicted octanol–water partition coefficient (Wildman–Crippen LogP) is 4.74. The van der Waals surface area contributed by atoms with Crippen LogP contribution in [0.5, 0.6) is 0 Å². The molecule has 1 saturated carbocycles. The molecular weight excluding hydrogens is 204 g/mol. The fraction of sp³-hybridized carbons (Fsp3) is 0.294. The van der Waals surface area contributed by atoms with Gasteiger partial charge in [-0.25, -0.2) is 0 Å². The third-order valence-electron chi connectivity index (χ3n) is 3.97. The van der Waals surface area contributed by atoms with Gasteiger partial charge in [0.25, 0.3) is 0 Å². The number of hydrogen-bond donors (Lipinski definition) is 0. The Morgan fingerprint density at radius 1 is 0.588 bits per heavy atom. The van der Waals surface area contributed by atoms with Gasteiger partial charge >= 0.3 is 0 Å². The maximum atomic E-state index is 2.28. The summed E-state index contributed by atoms with van der Waals surface area (Å²) in [6, 6.07) is 21.9. The van der Waals surface area contributed by atoms with Crippen LogP contribution in [0.15, 0.2) is 60.7 Å². The summed E-state index contributed by atoms with van der Waals surface area (Å²) in [4.78, 5) is 0. The molecule has 1 aliphatic carbocycles. The minimum Gasteiger partial charge on any atom is -0.0622 e. The summed E-state index contributed by atoms with van der Waals surface area (Å²) in [6.45, 7) is 0. The Bertz CT molecular complexity index is 412. The molecule has 1 fully saturated rings. The van der Waals surface area contributed by atoms with Crippen LogP contribution in [0.25, 0.3) is 0 Å². The van der Waals surface area contributed by atoms with E-state index in [1.807, 2.05) is 0 Å². The van der Waals surface area contributed by atoms with Crippen molar-refractivity contribution >= 4 is 0 Å². The molecule has 0 nitrogen and oxygen atoms in total. The van der Waals surface area contributed by atoms with Crippen molar-refractivity contribution in [2.24, 2.45) is 0 Å². The van der Waals surface area contributed by atoms with E-state index in [0.29, 0.717) is 0 Å². The molecule has 0 radical (unpaired) electrons. The van der Waals surface area contributed by atoms with Gasteiger partial charge in [0.1, 0.15) is 0 Å². The van der Waals surface area contributed by atoms with Gasteiger partial charge in [-0.15, -0.1) is 0 Å². The van der Waals surface area contributed by atoms with Crippen molar-refractivity contribution in [3.63, 3.8) is 0 Å². The van der Waals surface area contributed by atoms with E-state index in [2.05, 4.69) is 60.7 Å². The summed E-state index contributed by atoms with van der Waals surface area (Å²) in [6.07, 6.45) is 3.99. The molecule has 0 bridgehead atoms. The van der Waals surface area contributed by atoms with Gasteiger partial charge in [0.05, 0.1) is 0 Å². The van der Waals surface area contributed by atoms with E-state index < -0.39 is 0 Å². The van der Waals surface area contributed by atoms with Crippen LogP contribution in [-0.2, 0) is 0 Å². The third kappa shape index (κ3) is 2.26. The highest BCUT2D eigenvalue weighted by molar-refractivity contribution is 5.26. The second kappa shape index (κ2) is 4.75. The summed E-state index contributed by atoms with van der Waals surface area (Å²) in [5, 5.41) is 0. The Morgan fingerprint density at radius 2 is 1.00 bits per heavy atom. The highest BCUT2D eigenvalue weighted by atomic mass is 14.3. The van der Waals surface area contributed by atoms with Gasteiger partial charge in [-0.3, -0.25) is 0 Å². The zero-order valence-electron chi connectivity index (χ0n) is 10.0. The normalized spacial score (nSPS) is 23.8. The molecule has 1 unspecified atom stereocenters. The maximum Gasteiger partial charge on any atom is -0.0156 e. The average molecular weight is 222 g/mol. The van der Waals surface area contributed by atoms with E-state index in [4.69, 9.17) is 0 Å². The number of hydrogen-bond acceptors (Lipinski definition) is 0. The maximum absolute atomic E-state index is 2.28. The number of benzene rings is 2. The van der Waals surface area contributed by atoms with Crippen molar-refractivity contribution in [3.8, 4) is 0 Å². The van der Waals surface area contributed by atoms with Crippen molar-refractivity contribution in [2.45, 2.75) is 31.1 Å². The fourth-order valence-corrected chi connectivity index (χ4v) is 3.04. The summed E-state index contributed by atoms with van der Waals surface area (Å²) in [5.74, 6) is 1.53. The first-order valence-electron chi connectivity index (χ1n) is 6.53. The van der Waals surface area contributed by atoms with Crippen LogP contribution >= 0.6 is 0 Å². The summed E-state index contributed by atoms with van der Waals surface area (Å²) in [7, 11) is 0. The highest BCUT2D eigenvalue weighted by Gasteiger charge is 2.26. The molecule has 2 aromatic carbocycles. The van der Waals surface area contributed by atoms with E-state index >= 15 is 0 Å². The highest BCUT2D eigenvalue weighted by Crippen LogP contribution is 2.43. The second-order valence-corrected chi connectivity index (χ2v) is 5.03. The van der Waals surface area contributed by atoms with E-state index in [0.717, 1.165) is 11.8 Å². The molecule has 0 aliphatic heterocycles. The molecule has 3 rings (SSSR count). The minimum absolute atomic E-state index is 0.765. The Morgan fingerprint density at radius 3 is 1.41 bits per heavy atom. The first-order chi connectivity index (χ1) is 8.43. The van der Waals surface area contributed by atoms with Crippen LogP contribution < -0.4 is 0 Å². The molecule has 0 amide bonds. The molecule has 1 aliphatic rings. The SMILES string of the molecule is c1ccc(C2CC[C@@H](c3ccccc3)C2)cc1. The Hall–Kier alpha value is -1.56.